The quantitative estimate of drug-likeness (QED) is 0.418. The number of amides is 2. The summed E-state index contributed by atoms with van der Waals surface area (Å²) in [4.78, 5) is 29.5. The van der Waals surface area contributed by atoms with Crippen molar-refractivity contribution in [2.75, 3.05) is 11.4 Å². The van der Waals surface area contributed by atoms with Gasteiger partial charge in [0.15, 0.2) is 0 Å². The molecule has 174 valence electrons. The second-order valence-electron chi connectivity index (χ2n) is 9.40. The van der Waals surface area contributed by atoms with Crippen molar-refractivity contribution in [2.45, 2.75) is 58.5 Å². The average Bonchev–Trinajstić information content (AvgIpc) is 3.00. The van der Waals surface area contributed by atoms with Crippen LogP contribution in [0.15, 0.2) is 41.3 Å². The van der Waals surface area contributed by atoms with Gasteiger partial charge in [-0.3, -0.25) is 14.5 Å². The second-order valence-corrected chi connectivity index (χ2v) is 10.8. The number of anilines is 1. The fourth-order valence-electron chi connectivity index (χ4n) is 4.83. The van der Waals surface area contributed by atoms with Crippen LogP contribution in [0.4, 0.5) is 14.9 Å². The number of fused-ring (bicyclic) bond motifs is 1. The summed E-state index contributed by atoms with van der Waals surface area (Å²) in [6.45, 7) is 9.98. The van der Waals surface area contributed by atoms with E-state index in [1.54, 1.807) is 18.2 Å². The Hall–Kier alpha value is -2.31. The first kappa shape index (κ1) is 23.8. The molecule has 1 fully saturated rings. The van der Waals surface area contributed by atoms with Gasteiger partial charge in [-0.25, -0.2) is 4.39 Å². The summed E-state index contributed by atoms with van der Waals surface area (Å²) in [6, 6.07) is 9.86. The maximum absolute atomic E-state index is 13.2. The normalized spacial score (nSPS) is 21.2. The van der Waals surface area contributed by atoms with Gasteiger partial charge in [-0.1, -0.05) is 37.6 Å². The van der Waals surface area contributed by atoms with Crippen LogP contribution in [0.5, 0.6) is 0 Å². The number of hydrogen-bond acceptors (Lipinski definition) is 4. The van der Waals surface area contributed by atoms with Crippen LogP contribution in [0.25, 0.3) is 6.08 Å². The van der Waals surface area contributed by atoms with E-state index < -0.39 is 0 Å². The van der Waals surface area contributed by atoms with Gasteiger partial charge >= 0.3 is 0 Å². The summed E-state index contributed by atoms with van der Waals surface area (Å²) >= 11 is 7.59. The van der Waals surface area contributed by atoms with Gasteiger partial charge in [-0.2, -0.15) is 0 Å². The zero-order chi connectivity index (χ0) is 23.9. The molecule has 2 aliphatic heterocycles. The second kappa shape index (κ2) is 9.15. The molecule has 7 heteroatoms. The summed E-state index contributed by atoms with van der Waals surface area (Å²) in [5.41, 5.74) is 3.83. The van der Waals surface area contributed by atoms with E-state index in [1.807, 2.05) is 6.07 Å². The molecular weight excluding hydrogens is 459 g/mol. The number of hydrogen-bond donors (Lipinski definition) is 0. The molecule has 0 aromatic heterocycles. The van der Waals surface area contributed by atoms with Crippen LogP contribution < -0.4 is 4.90 Å². The largest absolute Gasteiger partial charge is 0.366 e. The molecular formula is C26H28ClFN2O2S. The third-order valence-corrected chi connectivity index (χ3v) is 7.60. The van der Waals surface area contributed by atoms with Gasteiger partial charge in [0.2, 0.25) is 0 Å². The lowest BCUT2D eigenvalue weighted by atomic mass is 9.79. The molecule has 2 aliphatic rings. The van der Waals surface area contributed by atoms with E-state index in [0.717, 1.165) is 42.4 Å². The van der Waals surface area contributed by atoms with E-state index in [0.29, 0.717) is 21.4 Å². The Labute approximate surface area is 203 Å². The number of carbonyl (C=O) groups excluding carboxylic acids is 2. The van der Waals surface area contributed by atoms with Crippen molar-refractivity contribution in [3.63, 3.8) is 0 Å². The minimum atomic E-state index is -0.357. The zero-order valence-corrected chi connectivity index (χ0v) is 20.9. The average molecular weight is 487 g/mol. The van der Waals surface area contributed by atoms with Crippen LogP contribution in [-0.4, -0.2) is 28.1 Å². The highest BCUT2D eigenvalue weighted by molar-refractivity contribution is 8.18. The molecule has 0 N–H and O–H groups in total. The Balaban J connectivity index is 1.64. The molecule has 2 aromatic rings. The fraction of sp³-hybridized carbons (Fsp3) is 0.385. The van der Waals surface area contributed by atoms with Gasteiger partial charge in [-0.05, 0) is 91.4 Å². The first-order valence-corrected chi connectivity index (χ1v) is 12.4. The topological polar surface area (TPSA) is 40.6 Å². The summed E-state index contributed by atoms with van der Waals surface area (Å²) in [6.07, 6.45) is 3.78. The molecule has 33 heavy (non-hydrogen) atoms. The number of thioether (sulfide) groups is 1. The molecule has 2 heterocycles. The van der Waals surface area contributed by atoms with Gasteiger partial charge in [0.25, 0.3) is 11.1 Å². The Bertz CT molecular complexity index is 1130. The third-order valence-electron chi connectivity index (χ3n) is 6.37. The van der Waals surface area contributed by atoms with E-state index in [2.05, 4.69) is 38.7 Å². The van der Waals surface area contributed by atoms with Crippen molar-refractivity contribution in [3.05, 3.63) is 68.8 Å². The number of halogens is 2. The number of benzene rings is 2. The summed E-state index contributed by atoms with van der Waals surface area (Å²) in [7, 11) is 0. The third kappa shape index (κ3) is 4.69. The minimum Gasteiger partial charge on any atom is -0.366 e. The van der Waals surface area contributed by atoms with Crippen LogP contribution in [0.2, 0.25) is 5.02 Å². The maximum atomic E-state index is 13.2. The summed E-state index contributed by atoms with van der Waals surface area (Å²) < 4.78 is 13.2. The van der Waals surface area contributed by atoms with E-state index in [1.165, 1.54) is 22.6 Å². The number of carbonyl (C=O) groups is 2. The molecule has 0 spiro atoms. The number of nitrogens with zero attached hydrogens (tertiary/aromatic N) is 2. The SMILES string of the molecule is CCCN1c2cc(Cl)c(/C=C3/SC(=O)N(Cc4ccc(F)cc4)C3=O)cc2C(C)CC1(C)C. The van der Waals surface area contributed by atoms with Crippen molar-refractivity contribution in [2.24, 2.45) is 0 Å². The Morgan fingerprint density at radius 2 is 1.91 bits per heavy atom. The predicted molar refractivity (Wildman–Crippen MR) is 134 cm³/mol. The Morgan fingerprint density at radius 3 is 2.58 bits per heavy atom. The van der Waals surface area contributed by atoms with Crippen LogP contribution >= 0.6 is 23.4 Å². The van der Waals surface area contributed by atoms with E-state index in [9.17, 15) is 14.0 Å². The molecule has 1 unspecified atom stereocenters. The molecule has 1 saturated heterocycles. The molecule has 0 bridgehead atoms. The van der Waals surface area contributed by atoms with Crippen molar-refractivity contribution >= 4 is 46.3 Å². The molecule has 0 saturated carbocycles. The lowest BCUT2D eigenvalue weighted by Gasteiger charge is -2.47. The predicted octanol–water partition coefficient (Wildman–Crippen LogP) is 7.22. The first-order valence-electron chi connectivity index (χ1n) is 11.2. The summed E-state index contributed by atoms with van der Waals surface area (Å²) in [5, 5.41) is 0.221. The molecule has 2 aromatic carbocycles. The molecule has 2 amide bonds. The van der Waals surface area contributed by atoms with Crippen molar-refractivity contribution in [1.29, 1.82) is 0 Å². The summed E-state index contributed by atoms with van der Waals surface area (Å²) in [5.74, 6) is -0.365. The fourth-order valence-corrected chi connectivity index (χ4v) is 5.87. The van der Waals surface area contributed by atoms with Gasteiger partial charge in [0.1, 0.15) is 5.82 Å². The molecule has 1 atom stereocenters. The monoisotopic (exact) mass is 486 g/mol. The van der Waals surface area contributed by atoms with Crippen LogP contribution in [-0.2, 0) is 11.3 Å². The number of imide groups is 1. The van der Waals surface area contributed by atoms with Gasteiger partial charge in [-0.15, -0.1) is 0 Å². The Morgan fingerprint density at radius 1 is 1.21 bits per heavy atom. The number of rotatable bonds is 5. The molecule has 0 radical (unpaired) electrons. The van der Waals surface area contributed by atoms with Crippen LogP contribution in [0.1, 0.15) is 63.1 Å². The maximum Gasteiger partial charge on any atom is 0.293 e. The van der Waals surface area contributed by atoms with Crippen LogP contribution in [0, 0.1) is 5.82 Å². The van der Waals surface area contributed by atoms with Crippen molar-refractivity contribution < 1.29 is 14.0 Å². The van der Waals surface area contributed by atoms with E-state index in [-0.39, 0.29) is 29.0 Å². The first-order chi connectivity index (χ1) is 15.6. The lowest BCUT2D eigenvalue weighted by Crippen LogP contribution is -2.48. The molecule has 4 nitrogen and oxygen atoms in total. The van der Waals surface area contributed by atoms with E-state index >= 15 is 0 Å². The van der Waals surface area contributed by atoms with E-state index in [4.69, 9.17) is 11.6 Å². The molecule has 4 rings (SSSR count). The molecule has 0 aliphatic carbocycles. The highest BCUT2D eigenvalue weighted by Crippen LogP contribution is 2.46. The van der Waals surface area contributed by atoms with Gasteiger partial charge < -0.3 is 4.90 Å². The zero-order valence-electron chi connectivity index (χ0n) is 19.3. The van der Waals surface area contributed by atoms with Crippen LogP contribution in [0.3, 0.4) is 0 Å². The smallest absolute Gasteiger partial charge is 0.293 e. The van der Waals surface area contributed by atoms with Crippen molar-refractivity contribution in [3.8, 4) is 0 Å². The van der Waals surface area contributed by atoms with Gasteiger partial charge in [0, 0.05) is 22.8 Å². The van der Waals surface area contributed by atoms with Crippen molar-refractivity contribution in [1.82, 2.24) is 4.90 Å². The standard InChI is InChI=1S/C26H28ClFN2O2S/c1-5-10-30-22-13-21(27)18(11-20(22)16(2)14-26(30,3)4)12-23-24(31)29(25(32)33-23)15-17-6-8-19(28)9-7-17/h6-9,11-13,16H,5,10,14-15H2,1-4H3/b23-12+. The highest BCUT2D eigenvalue weighted by Gasteiger charge is 2.37. The lowest BCUT2D eigenvalue weighted by molar-refractivity contribution is -0.123. The minimum absolute atomic E-state index is 0.0380. The Kier molecular flexibility index (Phi) is 6.61. The highest BCUT2D eigenvalue weighted by atomic mass is 35.5. The van der Waals surface area contributed by atoms with Gasteiger partial charge in [0.05, 0.1) is 11.4 Å².